The highest BCUT2D eigenvalue weighted by Crippen LogP contribution is 2.21. The average Bonchev–Trinajstić information content (AvgIpc) is 2.79. The number of nitrogens with one attached hydrogen (secondary N) is 2. The Morgan fingerprint density at radius 3 is 2.38 bits per heavy atom. The van der Waals surface area contributed by atoms with Gasteiger partial charge < -0.3 is 10.1 Å². The number of benzene rings is 2. The van der Waals surface area contributed by atoms with E-state index >= 15 is 0 Å². The number of nitrogens with zero attached hydrogens (tertiary/aromatic N) is 1. The molecule has 9 nitrogen and oxygen atoms in total. The van der Waals surface area contributed by atoms with Crippen LogP contribution in [0.2, 0.25) is 0 Å². The molecule has 1 aliphatic rings. The fourth-order valence-corrected chi connectivity index (χ4v) is 5.46. The van der Waals surface area contributed by atoms with Gasteiger partial charge in [-0.15, -0.1) is 0 Å². The molecule has 0 atom stereocenters. The molecule has 1 saturated heterocycles. The van der Waals surface area contributed by atoms with Crippen molar-refractivity contribution < 1.29 is 30.8 Å². The molecule has 0 unspecified atom stereocenters. The zero-order valence-electron chi connectivity index (χ0n) is 17.4. The van der Waals surface area contributed by atoms with Crippen LogP contribution in [0.3, 0.4) is 0 Å². The molecule has 2 N–H and O–H groups in total. The van der Waals surface area contributed by atoms with Gasteiger partial charge in [-0.2, -0.15) is 4.31 Å². The molecule has 0 aliphatic carbocycles. The second-order valence-electron chi connectivity index (χ2n) is 7.07. The lowest BCUT2D eigenvalue weighted by atomic mass is 10.1. The Hall–Kier alpha value is -2.38. The van der Waals surface area contributed by atoms with Gasteiger partial charge in [-0.25, -0.2) is 25.9 Å². The molecule has 1 heterocycles. The first kappa shape index (κ1) is 24.3. The highest BCUT2D eigenvalue weighted by Gasteiger charge is 2.28. The van der Waals surface area contributed by atoms with E-state index in [0.717, 1.165) is 18.2 Å². The Kier molecular flexibility index (Phi) is 7.62. The van der Waals surface area contributed by atoms with E-state index in [-0.39, 0.29) is 43.5 Å². The molecule has 0 bridgehead atoms. The van der Waals surface area contributed by atoms with Gasteiger partial charge in [-0.1, -0.05) is 24.3 Å². The van der Waals surface area contributed by atoms with E-state index in [1.807, 2.05) is 0 Å². The van der Waals surface area contributed by atoms with Crippen molar-refractivity contribution in [3.63, 3.8) is 0 Å². The minimum atomic E-state index is -3.90. The molecule has 32 heavy (non-hydrogen) atoms. The van der Waals surface area contributed by atoms with E-state index in [1.165, 1.54) is 11.4 Å². The van der Waals surface area contributed by atoms with Crippen LogP contribution in [0, 0.1) is 5.82 Å². The van der Waals surface area contributed by atoms with Crippen molar-refractivity contribution in [1.29, 1.82) is 0 Å². The minimum absolute atomic E-state index is 0.0614. The molecule has 0 spiro atoms. The molecule has 12 heteroatoms. The maximum absolute atomic E-state index is 14.3. The molecule has 0 aromatic heterocycles. The Bertz CT molecular complexity index is 1200. The smallest absolute Gasteiger partial charge is 0.254 e. The first-order chi connectivity index (χ1) is 15.1. The van der Waals surface area contributed by atoms with E-state index in [1.54, 1.807) is 24.3 Å². The summed E-state index contributed by atoms with van der Waals surface area (Å²) in [6.07, 6.45) is 0. The second-order valence-corrected chi connectivity index (χ2v) is 10.9. The molecule has 0 saturated carbocycles. The van der Waals surface area contributed by atoms with E-state index in [2.05, 4.69) is 10.0 Å². The van der Waals surface area contributed by atoms with Crippen LogP contribution in [0.5, 0.6) is 0 Å². The van der Waals surface area contributed by atoms with Gasteiger partial charge >= 0.3 is 0 Å². The van der Waals surface area contributed by atoms with Crippen molar-refractivity contribution in [2.45, 2.75) is 17.2 Å². The summed E-state index contributed by atoms with van der Waals surface area (Å²) in [4.78, 5) is 12.4. The number of rotatable bonds is 8. The number of carbonyl (C=O) groups is 1. The number of amides is 1. The normalized spacial score (nSPS) is 15.4. The van der Waals surface area contributed by atoms with Crippen LogP contribution in [0.4, 0.5) is 4.39 Å². The minimum Gasteiger partial charge on any atom is -0.379 e. The number of sulfonamides is 2. The molecule has 0 radical (unpaired) electrons. The van der Waals surface area contributed by atoms with Crippen LogP contribution in [0.1, 0.15) is 21.5 Å². The third kappa shape index (κ3) is 5.70. The van der Waals surface area contributed by atoms with Gasteiger partial charge in [0, 0.05) is 19.6 Å². The second kappa shape index (κ2) is 10.0. The standard InChI is InChI=1S/C20H24FN3O6S2/c1-22-31(26,27)14-16-5-3-2-4-15(16)13-23-20(25)18-12-17(6-7-19(18)21)32(28,29)24-8-10-30-11-9-24/h2-7,12,22H,8-11,13-14H2,1H3,(H,23,25). The fraction of sp³-hybridized carbons (Fsp3) is 0.350. The number of carbonyl (C=O) groups excluding carboxylic acids is 1. The largest absolute Gasteiger partial charge is 0.379 e. The number of morpholine rings is 1. The van der Waals surface area contributed by atoms with E-state index in [4.69, 9.17) is 4.74 Å². The van der Waals surface area contributed by atoms with Crippen LogP contribution in [-0.4, -0.2) is 60.4 Å². The summed E-state index contributed by atoms with van der Waals surface area (Å²) >= 11 is 0. The summed E-state index contributed by atoms with van der Waals surface area (Å²) < 4.78 is 72.3. The molecular weight excluding hydrogens is 461 g/mol. The van der Waals surface area contributed by atoms with E-state index in [9.17, 15) is 26.0 Å². The van der Waals surface area contributed by atoms with Crippen molar-refractivity contribution in [2.24, 2.45) is 0 Å². The number of hydrogen-bond donors (Lipinski definition) is 2. The first-order valence-corrected chi connectivity index (χ1v) is 12.9. The molecule has 174 valence electrons. The number of hydrogen-bond acceptors (Lipinski definition) is 6. The monoisotopic (exact) mass is 485 g/mol. The maximum Gasteiger partial charge on any atom is 0.254 e. The van der Waals surface area contributed by atoms with Gasteiger partial charge in [0.15, 0.2) is 0 Å². The van der Waals surface area contributed by atoms with E-state index < -0.39 is 37.3 Å². The van der Waals surface area contributed by atoms with Crippen LogP contribution in [0.15, 0.2) is 47.4 Å². The number of ether oxygens (including phenoxy) is 1. The van der Waals surface area contributed by atoms with Gasteiger partial charge in [-0.3, -0.25) is 4.79 Å². The molecule has 3 rings (SSSR count). The molecular formula is C20H24FN3O6S2. The highest BCUT2D eigenvalue weighted by molar-refractivity contribution is 7.89. The lowest BCUT2D eigenvalue weighted by molar-refractivity contribution is 0.0730. The van der Waals surface area contributed by atoms with Crippen molar-refractivity contribution in [3.8, 4) is 0 Å². The third-order valence-electron chi connectivity index (χ3n) is 5.00. The molecule has 2 aromatic carbocycles. The van der Waals surface area contributed by atoms with Crippen LogP contribution < -0.4 is 10.0 Å². The summed E-state index contributed by atoms with van der Waals surface area (Å²) in [5.41, 5.74) is 0.600. The SMILES string of the molecule is CNS(=O)(=O)Cc1ccccc1CNC(=O)c1cc(S(=O)(=O)N2CCOCC2)ccc1F. The lowest BCUT2D eigenvalue weighted by Gasteiger charge is -2.26. The highest BCUT2D eigenvalue weighted by atomic mass is 32.2. The summed E-state index contributed by atoms with van der Waals surface area (Å²) in [6.45, 7) is 0.808. The quantitative estimate of drug-likeness (QED) is 0.571. The van der Waals surface area contributed by atoms with Crippen LogP contribution >= 0.6 is 0 Å². The first-order valence-electron chi connectivity index (χ1n) is 9.78. The average molecular weight is 486 g/mol. The summed E-state index contributed by atoms with van der Waals surface area (Å²) in [6, 6.07) is 9.69. The lowest BCUT2D eigenvalue weighted by Crippen LogP contribution is -2.40. The Morgan fingerprint density at radius 1 is 1.06 bits per heavy atom. The van der Waals surface area contributed by atoms with Crippen molar-refractivity contribution in [2.75, 3.05) is 33.4 Å². The summed E-state index contributed by atoms with van der Waals surface area (Å²) in [7, 11) is -6.12. The summed E-state index contributed by atoms with van der Waals surface area (Å²) in [5, 5.41) is 2.54. The van der Waals surface area contributed by atoms with Gasteiger partial charge in [0.2, 0.25) is 20.0 Å². The molecule has 2 aromatic rings. The van der Waals surface area contributed by atoms with Crippen molar-refractivity contribution >= 4 is 26.0 Å². The Morgan fingerprint density at radius 2 is 1.72 bits per heavy atom. The maximum atomic E-state index is 14.3. The zero-order chi connectivity index (χ0) is 23.4. The van der Waals surface area contributed by atoms with Gasteiger partial charge in [0.25, 0.3) is 5.91 Å². The predicted octanol–water partition coefficient (Wildman–Crippen LogP) is 0.826. The van der Waals surface area contributed by atoms with Gasteiger partial charge in [0.05, 0.1) is 29.4 Å². The van der Waals surface area contributed by atoms with Crippen molar-refractivity contribution in [3.05, 3.63) is 65.0 Å². The van der Waals surface area contributed by atoms with E-state index in [0.29, 0.717) is 11.1 Å². The van der Waals surface area contributed by atoms with Crippen molar-refractivity contribution in [1.82, 2.24) is 14.3 Å². The summed E-state index contributed by atoms with van der Waals surface area (Å²) in [5.74, 6) is -1.96. The van der Waals surface area contributed by atoms with Crippen LogP contribution in [0.25, 0.3) is 0 Å². The third-order valence-corrected chi connectivity index (χ3v) is 8.21. The van der Waals surface area contributed by atoms with Gasteiger partial charge in [0.1, 0.15) is 5.82 Å². The van der Waals surface area contributed by atoms with Crippen LogP contribution in [-0.2, 0) is 37.1 Å². The molecule has 1 amide bonds. The zero-order valence-corrected chi connectivity index (χ0v) is 19.0. The Labute approximate surface area is 186 Å². The topological polar surface area (TPSA) is 122 Å². The molecule has 1 aliphatic heterocycles. The number of halogens is 1. The predicted molar refractivity (Wildman–Crippen MR) is 115 cm³/mol. The fourth-order valence-electron chi connectivity index (χ4n) is 3.19. The Balaban J connectivity index is 1.79. The molecule has 1 fully saturated rings. The van der Waals surface area contributed by atoms with Gasteiger partial charge in [-0.05, 0) is 36.4 Å².